The normalized spacial score (nSPS) is 11.2. The predicted molar refractivity (Wildman–Crippen MR) is 78.6 cm³/mol. The number of rotatable bonds is 4. The van der Waals surface area contributed by atoms with Crippen molar-refractivity contribution < 1.29 is 4.79 Å². The lowest BCUT2D eigenvalue weighted by molar-refractivity contribution is 0.100. The van der Waals surface area contributed by atoms with Crippen LogP contribution in [0, 0.1) is 0 Å². The maximum absolute atomic E-state index is 11.2. The first-order chi connectivity index (χ1) is 9.27. The molecule has 94 valence electrons. The van der Waals surface area contributed by atoms with Gasteiger partial charge in [0, 0.05) is 6.21 Å². The van der Waals surface area contributed by atoms with Gasteiger partial charge in [0.05, 0.1) is 11.3 Å². The smallest absolute Gasteiger partial charge is 0.250 e. The third-order valence-corrected chi connectivity index (χ3v) is 2.56. The minimum atomic E-state index is -0.472. The first-order valence-corrected chi connectivity index (χ1v) is 5.92. The molecule has 19 heavy (non-hydrogen) atoms. The summed E-state index contributed by atoms with van der Waals surface area (Å²) in [5.41, 5.74) is 7.37. The first kappa shape index (κ1) is 12.8. The Morgan fingerprint density at radius 3 is 2.42 bits per heavy atom. The second-order valence-corrected chi connectivity index (χ2v) is 3.93. The van der Waals surface area contributed by atoms with E-state index in [1.54, 1.807) is 24.4 Å². The summed E-state index contributed by atoms with van der Waals surface area (Å²) in [6.07, 6.45) is 5.41. The summed E-state index contributed by atoms with van der Waals surface area (Å²) in [5, 5.41) is 0. The highest BCUT2D eigenvalue weighted by Crippen LogP contribution is 2.17. The molecule has 0 heterocycles. The van der Waals surface area contributed by atoms with Crippen LogP contribution in [0.2, 0.25) is 0 Å². The molecular formula is C16H14N2O. The van der Waals surface area contributed by atoms with Gasteiger partial charge in [0.2, 0.25) is 0 Å². The van der Waals surface area contributed by atoms with E-state index in [-0.39, 0.29) is 0 Å². The van der Waals surface area contributed by atoms with Crippen molar-refractivity contribution in [1.29, 1.82) is 0 Å². The summed E-state index contributed by atoms with van der Waals surface area (Å²) in [7, 11) is 0. The van der Waals surface area contributed by atoms with Crippen LogP contribution in [0.4, 0.5) is 5.69 Å². The summed E-state index contributed by atoms with van der Waals surface area (Å²) in [6.45, 7) is 0. The lowest BCUT2D eigenvalue weighted by atomic mass is 10.2. The van der Waals surface area contributed by atoms with Crippen molar-refractivity contribution >= 4 is 23.9 Å². The van der Waals surface area contributed by atoms with Crippen LogP contribution in [0.15, 0.2) is 65.7 Å². The van der Waals surface area contributed by atoms with E-state index in [9.17, 15) is 4.79 Å². The Bertz CT molecular complexity index is 616. The monoisotopic (exact) mass is 250 g/mol. The zero-order valence-electron chi connectivity index (χ0n) is 10.4. The molecule has 0 unspecified atom stereocenters. The van der Waals surface area contributed by atoms with Crippen molar-refractivity contribution in [3.8, 4) is 0 Å². The van der Waals surface area contributed by atoms with Crippen LogP contribution < -0.4 is 5.73 Å². The van der Waals surface area contributed by atoms with Crippen LogP contribution in [-0.4, -0.2) is 12.1 Å². The molecule has 0 aliphatic heterocycles. The Morgan fingerprint density at radius 1 is 1.00 bits per heavy atom. The van der Waals surface area contributed by atoms with Gasteiger partial charge < -0.3 is 5.73 Å². The average molecular weight is 250 g/mol. The third-order valence-electron chi connectivity index (χ3n) is 2.56. The fraction of sp³-hybridized carbons (Fsp3) is 0. The number of benzene rings is 2. The number of hydrogen-bond acceptors (Lipinski definition) is 2. The van der Waals surface area contributed by atoms with E-state index >= 15 is 0 Å². The fourth-order valence-electron chi connectivity index (χ4n) is 1.64. The van der Waals surface area contributed by atoms with Crippen molar-refractivity contribution in [2.45, 2.75) is 0 Å². The number of allylic oxidation sites excluding steroid dienone is 1. The van der Waals surface area contributed by atoms with Crippen LogP contribution in [0.5, 0.6) is 0 Å². The molecule has 2 N–H and O–H groups in total. The predicted octanol–water partition coefficient (Wildman–Crippen LogP) is 3.20. The highest BCUT2D eigenvalue weighted by atomic mass is 16.1. The molecule has 1 amide bonds. The average Bonchev–Trinajstić information content (AvgIpc) is 2.45. The number of nitrogens with two attached hydrogens (primary N) is 1. The standard InChI is InChI=1S/C16H14N2O/c17-16(19)14-10-4-5-11-15(14)18-12-6-9-13-7-2-1-3-8-13/h1-12H,(H2,17,19)/b9-6+,18-12?. The number of carbonyl (C=O) groups excluding carboxylic acids is 1. The van der Waals surface area contributed by atoms with Gasteiger partial charge in [-0.05, 0) is 23.8 Å². The molecular weight excluding hydrogens is 236 g/mol. The van der Waals surface area contributed by atoms with E-state index in [2.05, 4.69) is 4.99 Å². The molecule has 0 saturated heterocycles. The van der Waals surface area contributed by atoms with E-state index in [1.165, 1.54) is 0 Å². The van der Waals surface area contributed by atoms with E-state index < -0.39 is 5.91 Å². The van der Waals surface area contributed by atoms with E-state index in [0.29, 0.717) is 11.3 Å². The second kappa shape index (κ2) is 6.31. The maximum atomic E-state index is 11.2. The molecule has 2 aromatic carbocycles. The Hall–Kier alpha value is -2.68. The van der Waals surface area contributed by atoms with Crippen molar-refractivity contribution in [2.24, 2.45) is 10.7 Å². The van der Waals surface area contributed by atoms with Crippen LogP contribution in [-0.2, 0) is 0 Å². The van der Waals surface area contributed by atoms with Gasteiger partial charge in [0.1, 0.15) is 0 Å². The summed E-state index contributed by atoms with van der Waals surface area (Å²) in [5.74, 6) is -0.472. The SMILES string of the molecule is NC(=O)c1ccccc1N=C/C=C/c1ccccc1. The van der Waals surface area contributed by atoms with Gasteiger partial charge in [-0.15, -0.1) is 0 Å². The molecule has 0 saturated carbocycles. The van der Waals surface area contributed by atoms with Crippen LogP contribution in [0.25, 0.3) is 6.08 Å². The fourth-order valence-corrected chi connectivity index (χ4v) is 1.64. The molecule has 3 heteroatoms. The van der Waals surface area contributed by atoms with Crippen LogP contribution in [0.3, 0.4) is 0 Å². The number of carbonyl (C=O) groups is 1. The van der Waals surface area contributed by atoms with Gasteiger partial charge in [-0.25, -0.2) is 0 Å². The number of para-hydroxylation sites is 1. The quantitative estimate of drug-likeness (QED) is 0.832. The van der Waals surface area contributed by atoms with Crippen molar-refractivity contribution in [3.05, 3.63) is 71.8 Å². The third kappa shape index (κ3) is 3.64. The number of amides is 1. The number of aliphatic imine (C=N–C) groups is 1. The largest absolute Gasteiger partial charge is 0.366 e. The Labute approximate surface area is 112 Å². The van der Waals surface area contributed by atoms with Crippen molar-refractivity contribution in [2.75, 3.05) is 0 Å². The minimum Gasteiger partial charge on any atom is -0.366 e. The molecule has 0 aliphatic carbocycles. The molecule has 3 nitrogen and oxygen atoms in total. The van der Waals surface area contributed by atoms with Gasteiger partial charge in [0.25, 0.3) is 5.91 Å². The molecule has 0 fully saturated rings. The van der Waals surface area contributed by atoms with Gasteiger partial charge in [-0.2, -0.15) is 0 Å². The molecule has 2 rings (SSSR count). The minimum absolute atomic E-state index is 0.423. The molecule has 0 bridgehead atoms. The Kier molecular flexibility index (Phi) is 4.24. The molecule has 0 aromatic heterocycles. The van der Waals surface area contributed by atoms with Gasteiger partial charge >= 0.3 is 0 Å². The molecule has 2 aromatic rings. The Morgan fingerprint density at radius 2 is 1.68 bits per heavy atom. The lowest BCUT2D eigenvalue weighted by Gasteiger charge is -1.99. The highest BCUT2D eigenvalue weighted by Gasteiger charge is 2.04. The summed E-state index contributed by atoms with van der Waals surface area (Å²) >= 11 is 0. The number of nitrogens with zero attached hydrogens (tertiary/aromatic N) is 1. The van der Waals surface area contributed by atoms with Crippen molar-refractivity contribution in [1.82, 2.24) is 0 Å². The molecule has 0 radical (unpaired) electrons. The van der Waals surface area contributed by atoms with Gasteiger partial charge in [-0.1, -0.05) is 48.5 Å². The van der Waals surface area contributed by atoms with Crippen LogP contribution in [0.1, 0.15) is 15.9 Å². The molecule has 0 spiro atoms. The highest BCUT2D eigenvalue weighted by molar-refractivity contribution is 5.98. The number of hydrogen-bond donors (Lipinski definition) is 1. The first-order valence-electron chi connectivity index (χ1n) is 5.92. The zero-order chi connectivity index (χ0) is 13.5. The topological polar surface area (TPSA) is 55.5 Å². The summed E-state index contributed by atoms with van der Waals surface area (Å²) in [6, 6.07) is 16.9. The van der Waals surface area contributed by atoms with Crippen LogP contribution >= 0.6 is 0 Å². The van der Waals surface area contributed by atoms with E-state index in [1.807, 2.05) is 48.6 Å². The lowest BCUT2D eigenvalue weighted by Crippen LogP contribution is -2.10. The molecule has 0 atom stereocenters. The van der Waals surface area contributed by atoms with E-state index in [4.69, 9.17) is 5.73 Å². The summed E-state index contributed by atoms with van der Waals surface area (Å²) in [4.78, 5) is 15.4. The van der Waals surface area contributed by atoms with Crippen molar-refractivity contribution in [3.63, 3.8) is 0 Å². The number of primary amides is 1. The Balaban J connectivity index is 2.12. The maximum Gasteiger partial charge on any atom is 0.250 e. The summed E-state index contributed by atoms with van der Waals surface area (Å²) < 4.78 is 0. The van der Waals surface area contributed by atoms with E-state index in [0.717, 1.165) is 5.56 Å². The second-order valence-electron chi connectivity index (χ2n) is 3.93. The molecule has 0 aliphatic rings. The van der Waals surface area contributed by atoms with Gasteiger partial charge in [0.15, 0.2) is 0 Å². The zero-order valence-corrected chi connectivity index (χ0v) is 10.4. The van der Waals surface area contributed by atoms with Gasteiger partial charge in [-0.3, -0.25) is 9.79 Å².